The second-order valence-electron chi connectivity index (χ2n) is 6.43. The Morgan fingerprint density at radius 1 is 1.39 bits per heavy atom. The van der Waals surface area contributed by atoms with Crippen molar-refractivity contribution >= 4 is 11.4 Å². The van der Waals surface area contributed by atoms with Crippen molar-refractivity contribution in [3.63, 3.8) is 0 Å². The van der Waals surface area contributed by atoms with E-state index in [1.165, 1.54) is 20.3 Å². The highest BCUT2D eigenvalue weighted by Crippen LogP contribution is 2.22. The molecule has 9 nitrogen and oxygen atoms in total. The summed E-state index contributed by atoms with van der Waals surface area (Å²) in [6, 6.07) is 3.29. The third-order valence-corrected chi connectivity index (χ3v) is 4.45. The smallest absolute Gasteiger partial charge is 0.365 e. The van der Waals surface area contributed by atoms with Crippen LogP contribution in [0.4, 0.5) is 13.2 Å². The van der Waals surface area contributed by atoms with E-state index in [9.17, 15) is 22.8 Å². The van der Waals surface area contributed by atoms with Crippen molar-refractivity contribution in [3.05, 3.63) is 46.1 Å². The lowest BCUT2D eigenvalue weighted by Crippen LogP contribution is -2.55. The third-order valence-electron chi connectivity index (χ3n) is 4.45. The van der Waals surface area contributed by atoms with Crippen molar-refractivity contribution < 1.29 is 22.7 Å². The van der Waals surface area contributed by atoms with Gasteiger partial charge in [0, 0.05) is 19.3 Å². The lowest BCUT2D eigenvalue weighted by atomic mass is 10.1. The van der Waals surface area contributed by atoms with Gasteiger partial charge in [-0.3, -0.25) is 14.6 Å². The molecule has 1 saturated heterocycles. The van der Waals surface area contributed by atoms with Gasteiger partial charge in [0.05, 0.1) is 23.6 Å². The van der Waals surface area contributed by atoms with Crippen molar-refractivity contribution in [1.82, 2.24) is 29.3 Å². The lowest BCUT2D eigenvalue weighted by Gasteiger charge is -2.38. The van der Waals surface area contributed by atoms with Gasteiger partial charge in [-0.2, -0.15) is 18.3 Å². The Balaban J connectivity index is 1.49. The van der Waals surface area contributed by atoms with Gasteiger partial charge in [0.25, 0.3) is 11.5 Å². The number of halogens is 3. The molecule has 0 aromatic carbocycles. The zero-order valence-electron chi connectivity index (χ0n) is 14.6. The molecule has 0 spiro atoms. The average molecular weight is 396 g/mol. The second kappa shape index (κ2) is 6.48. The number of ether oxygens (including phenoxy) is 1. The fourth-order valence-corrected chi connectivity index (χ4v) is 2.95. The van der Waals surface area contributed by atoms with Gasteiger partial charge in [-0.15, -0.1) is 5.10 Å². The maximum absolute atomic E-state index is 12.6. The summed E-state index contributed by atoms with van der Waals surface area (Å²) in [6.45, 7) is 0.447. The number of hydrogen-bond donors (Lipinski definition) is 1. The standard InChI is InChI=1S/C16H15F3N6O3/c1-9-11(14(27)23-6-10(7-23)28-8-16(17,18)19)5-20-25(9)15-21-13(26)12-3-2-4-24(12)22-15/h2-5,10H,6-8H2,1H3,(H,21,22,26). The minimum atomic E-state index is -4.40. The summed E-state index contributed by atoms with van der Waals surface area (Å²) in [4.78, 5) is 28.6. The van der Waals surface area contributed by atoms with Crippen LogP contribution in [-0.4, -0.2) is 67.2 Å². The fourth-order valence-electron chi connectivity index (χ4n) is 2.95. The van der Waals surface area contributed by atoms with Crippen molar-refractivity contribution in [1.29, 1.82) is 0 Å². The summed E-state index contributed by atoms with van der Waals surface area (Å²) in [6.07, 6.45) is -2.09. The van der Waals surface area contributed by atoms with Crippen LogP contribution < -0.4 is 5.56 Å². The molecule has 0 atom stereocenters. The number of fused-ring (bicyclic) bond motifs is 1. The first-order chi connectivity index (χ1) is 13.2. The molecule has 0 unspecified atom stereocenters. The Kier molecular flexibility index (Phi) is 4.22. The molecule has 148 valence electrons. The topological polar surface area (TPSA) is 97.5 Å². The summed E-state index contributed by atoms with van der Waals surface area (Å²) in [5, 5.41) is 8.36. The van der Waals surface area contributed by atoms with Gasteiger partial charge in [-0.1, -0.05) is 0 Å². The molecule has 3 aromatic rings. The Bertz CT molecular complexity index is 1090. The summed E-state index contributed by atoms with van der Waals surface area (Å²) >= 11 is 0. The van der Waals surface area contributed by atoms with Crippen LogP contribution in [0.2, 0.25) is 0 Å². The average Bonchev–Trinajstić information content (AvgIpc) is 3.18. The van der Waals surface area contributed by atoms with Gasteiger partial charge in [-0.25, -0.2) is 9.20 Å². The number of carbonyl (C=O) groups excluding carboxylic acids is 1. The van der Waals surface area contributed by atoms with Gasteiger partial charge >= 0.3 is 6.18 Å². The maximum atomic E-state index is 12.6. The SMILES string of the molecule is Cc1c(C(=O)N2CC(OCC(F)(F)F)C2)cnn1-c1nn2cccc2c(=O)[nH]1. The molecule has 0 radical (unpaired) electrons. The third kappa shape index (κ3) is 3.26. The molecule has 0 saturated carbocycles. The molecule has 3 aromatic heterocycles. The van der Waals surface area contributed by atoms with E-state index in [1.54, 1.807) is 25.3 Å². The molecule has 1 aliphatic heterocycles. The van der Waals surface area contributed by atoms with E-state index in [1.807, 2.05) is 0 Å². The number of H-pyrrole nitrogens is 1. The van der Waals surface area contributed by atoms with Crippen molar-refractivity contribution in [2.45, 2.75) is 19.2 Å². The number of alkyl halides is 3. The Morgan fingerprint density at radius 2 is 2.14 bits per heavy atom. The van der Waals surface area contributed by atoms with Crippen LogP contribution in [0.1, 0.15) is 16.1 Å². The van der Waals surface area contributed by atoms with E-state index in [-0.39, 0.29) is 36.1 Å². The number of amides is 1. The molecule has 1 fully saturated rings. The summed E-state index contributed by atoms with van der Waals surface area (Å²) in [7, 11) is 0. The van der Waals surface area contributed by atoms with Crippen LogP contribution in [0.3, 0.4) is 0 Å². The first-order valence-electron chi connectivity index (χ1n) is 8.33. The number of rotatable bonds is 4. The van der Waals surface area contributed by atoms with E-state index in [0.717, 1.165) is 0 Å². The minimum absolute atomic E-state index is 0.0734. The van der Waals surface area contributed by atoms with E-state index >= 15 is 0 Å². The van der Waals surface area contributed by atoms with Gasteiger partial charge in [0.2, 0.25) is 5.95 Å². The number of hydrogen-bond acceptors (Lipinski definition) is 5. The molecule has 4 rings (SSSR count). The largest absolute Gasteiger partial charge is 0.411 e. The molecule has 1 amide bonds. The van der Waals surface area contributed by atoms with Crippen molar-refractivity contribution in [3.8, 4) is 5.95 Å². The Hall–Kier alpha value is -3.15. The first-order valence-corrected chi connectivity index (χ1v) is 8.33. The molecule has 1 N–H and O–H groups in total. The van der Waals surface area contributed by atoms with E-state index in [4.69, 9.17) is 4.74 Å². The Morgan fingerprint density at radius 3 is 2.86 bits per heavy atom. The van der Waals surface area contributed by atoms with Crippen LogP contribution in [0.25, 0.3) is 11.5 Å². The maximum Gasteiger partial charge on any atom is 0.411 e. The fraction of sp³-hybridized carbons (Fsp3) is 0.375. The molecular formula is C16H15F3N6O3. The molecule has 28 heavy (non-hydrogen) atoms. The summed E-state index contributed by atoms with van der Waals surface area (Å²) < 4.78 is 43.9. The zero-order chi connectivity index (χ0) is 20.1. The number of likely N-dealkylation sites (tertiary alicyclic amines) is 1. The summed E-state index contributed by atoms with van der Waals surface area (Å²) in [5.74, 6) is -0.236. The van der Waals surface area contributed by atoms with Crippen molar-refractivity contribution in [2.24, 2.45) is 0 Å². The van der Waals surface area contributed by atoms with Crippen LogP contribution in [0.15, 0.2) is 29.3 Å². The zero-order valence-corrected chi connectivity index (χ0v) is 14.6. The van der Waals surface area contributed by atoms with Gasteiger partial charge in [-0.05, 0) is 19.1 Å². The highest BCUT2D eigenvalue weighted by Gasteiger charge is 2.37. The second-order valence-corrected chi connectivity index (χ2v) is 6.43. The normalized spacial score (nSPS) is 15.2. The lowest BCUT2D eigenvalue weighted by molar-refractivity contribution is -0.196. The van der Waals surface area contributed by atoms with Gasteiger partial charge in [0.15, 0.2) is 0 Å². The van der Waals surface area contributed by atoms with Crippen LogP contribution in [0.5, 0.6) is 0 Å². The minimum Gasteiger partial charge on any atom is -0.365 e. The number of aromatic amines is 1. The van der Waals surface area contributed by atoms with E-state index in [2.05, 4.69) is 15.2 Å². The van der Waals surface area contributed by atoms with Gasteiger partial charge < -0.3 is 9.64 Å². The van der Waals surface area contributed by atoms with Crippen LogP contribution in [-0.2, 0) is 4.74 Å². The number of nitrogens with one attached hydrogen (secondary N) is 1. The van der Waals surface area contributed by atoms with E-state index in [0.29, 0.717) is 11.2 Å². The predicted molar refractivity (Wildman–Crippen MR) is 89.4 cm³/mol. The monoisotopic (exact) mass is 396 g/mol. The first kappa shape index (κ1) is 18.2. The highest BCUT2D eigenvalue weighted by atomic mass is 19.4. The van der Waals surface area contributed by atoms with Gasteiger partial charge in [0.1, 0.15) is 12.1 Å². The molecule has 4 heterocycles. The van der Waals surface area contributed by atoms with Crippen molar-refractivity contribution in [2.75, 3.05) is 19.7 Å². The number of nitrogens with zero attached hydrogens (tertiary/aromatic N) is 5. The number of carbonyl (C=O) groups is 1. The molecule has 0 bridgehead atoms. The van der Waals surface area contributed by atoms with E-state index < -0.39 is 18.9 Å². The molecule has 0 aliphatic carbocycles. The number of aromatic nitrogens is 5. The summed E-state index contributed by atoms with van der Waals surface area (Å²) in [5.41, 5.74) is 0.726. The Labute approximate surface area is 155 Å². The predicted octanol–water partition coefficient (Wildman–Crippen LogP) is 0.920. The molecular weight excluding hydrogens is 381 g/mol. The van der Waals surface area contributed by atoms with Crippen LogP contribution in [0, 0.1) is 6.92 Å². The molecule has 12 heteroatoms. The van der Waals surface area contributed by atoms with Crippen LogP contribution >= 0.6 is 0 Å². The quantitative estimate of drug-likeness (QED) is 0.707. The molecule has 1 aliphatic rings. The highest BCUT2D eigenvalue weighted by molar-refractivity contribution is 5.95.